The highest BCUT2D eigenvalue weighted by molar-refractivity contribution is 8.00. The van der Waals surface area contributed by atoms with Crippen LogP contribution in [0.2, 0.25) is 0 Å². The molecule has 0 unspecified atom stereocenters. The van der Waals surface area contributed by atoms with E-state index in [4.69, 9.17) is 5.73 Å². The molecule has 0 aromatic rings. The van der Waals surface area contributed by atoms with E-state index in [1.807, 2.05) is 20.8 Å². The number of nitrogens with two attached hydrogens (primary N) is 1. The minimum Gasteiger partial charge on any atom is -0.369 e. The van der Waals surface area contributed by atoms with Crippen molar-refractivity contribution in [2.75, 3.05) is 18.1 Å². The van der Waals surface area contributed by atoms with Crippen molar-refractivity contribution in [1.29, 1.82) is 0 Å². The second-order valence-electron chi connectivity index (χ2n) is 5.92. The first-order valence-electron chi connectivity index (χ1n) is 7.14. The number of hydrogen-bond donors (Lipinski definition) is 3. The zero-order valence-corrected chi connectivity index (χ0v) is 14.0. The monoisotopic (exact) mass is 317 g/mol. The van der Waals surface area contributed by atoms with E-state index in [-0.39, 0.29) is 28.9 Å². The maximum absolute atomic E-state index is 11.6. The molecule has 0 bridgehead atoms. The Morgan fingerprint density at radius 2 is 1.67 bits per heavy atom. The lowest BCUT2D eigenvalue weighted by atomic mass is 10.1. The summed E-state index contributed by atoms with van der Waals surface area (Å²) in [6.45, 7) is 6.46. The van der Waals surface area contributed by atoms with Gasteiger partial charge in [-0.25, -0.2) is 0 Å². The first kappa shape index (κ1) is 19.8. The summed E-state index contributed by atoms with van der Waals surface area (Å²) in [6.07, 6.45) is 3.06. The molecule has 0 aliphatic carbocycles. The summed E-state index contributed by atoms with van der Waals surface area (Å²) >= 11 is 1.21. The number of carbonyl (C=O) groups excluding carboxylic acids is 3. The number of hydrogen-bond acceptors (Lipinski definition) is 4. The van der Waals surface area contributed by atoms with Crippen LogP contribution in [0.15, 0.2) is 0 Å². The van der Waals surface area contributed by atoms with E-state index >= 15 is 0 Å². The van der Waals surface area contributed by atoms with Gasteiger partial charge in [-0.05, 0) is 33.6 Å². The topological polar surface area (TPSA) is 101 Å². The van der Waals surface area contributed by atoms with Crippen LogP contribution in [0.1, 0.15) is 46.5 Å². The lowest BCUT2D eigenvalue weighted by Gasteiger charge is -2.20. The molecule has 0 heterocycles. The zero-order valence-electron chi connectivity index (χ0n) is 13.2. The summed E-state index contributed by atoms with van der Waals surface area (Å²) in [6, 6.07) is 0. The van der Waals surface area contributed by atoms with Gasteiger partial charge in [0.15, 0.2) is 0 Å². The highest BCUT2D eigenvalue weighted by Gasteiger charge is 2.12. The number of unbranched alkanes of at least 4 members (excludes halogenated alkanes) is 2. The minimum atomic E-state index is -0.415. The van der Waals surface area contributed by atoms with Crippen molar-refractivity contribution in [2.24, 2.45) is 5.73 Å². The molecule has 0 rings (SSSR count). The third kappa shape index (κ3) is 15.0. The van der Waals surface area contributed by atoms with Gasteiger partial charge in [0.2, 0.25) is 17.7 Å². The number of rotatable bonds is 10. The zero-order chi connectivity index (χ0) is 16.3. The Balaban J connectivity index is 3.45. The Morgan fingerprint density at radius 3 is 2.24 bits per heavy atom. The molecule has 0 aromatic carbocycles. The molecule has 3 amide bonds. The molecule has 0 atom stereocenters. The number of nitrogens with one attached hydrogen (secondary N) is 2. The molecule has 0 aliphatic heterocycles. The van der Waals surface area contributed by atoms with Crippen molar-refractivity contribution in [3.8, 4) is 0 Å². The van der Waals surface area contributed by atoms with Crippen LogP contribution in [0.3, 0.4) is 0 Å². The average molecular weight is 317 g/mol. The predicted octanol–water partition coefficient (Wildman–Crippen LogP) is 0.796. The minimum absolute atomic E-state index is 0.0642. The van der Waals surface area contributed by atoms with Crippen molar-refractivity contribution >= 4 is 29.5 Å². The molecule has 0 aromatic heterocycles. The van der Waals surface area contributed by atoms with Crippen LogP contribution in [0.25, 0.3) is 0 Å². The highest BCUT2D eigenvalue weighted by Crippen LogP contribution is 2.03. The summed E-state index contributed by atoms with van der Waals surface area (Å²) in [5.41, 5.74) is 4.79. The van der Waals surface area contributed by atoms with Crippen molar-refractivity contribution in [2.45, 2.75) is 52.0 Å². The second kappa shape index (κ2) is 10.5. The molecular weight excluding hydrogens is 290 g/mol. The third-order valence-electron chi connectivity index (χ3n) is 2.39. The fraction of sp³-hybridized carbons (Fsp3) is 0.786. The number of thioether (sulfide) groups is 1. The van der Waals surface area contributed by atoms with E-state index in [1.165, 1.54) is 11.8 Å². The number of carbonyl (C=O) groups is 3. The van der Waals surface area contributed by atoms with Crippen molar-refractivity contribution in [1.82, 2.24) is 10.6 Å². The summed E-state index contributed by atoms with van der Waals surface area (Å²) in [4.78, 5) is 33.4. The molecule has 4 N–H and O–H groups in total. The van der Waals surface area contributed by atoms with E-state index in [1.54, 1.807) is 0 Å². The Kier molecular flexibility index (Phi) is 9.86. The van der Waals surface area contributed by atoms with Gasteiger partial charge in [0.1, 0.15) is 0 Å². The average Bonchev–Trinajstić information content (AvgIpc) is 2.30. The van der Waals surface area contributed by atoms with Gasteiger partial charge >= 0.3 is 0 Å². The van der Waals surface area contributed by atoms with Gasteiger partial charge in [0.05, 0.1) is 11.5 Å². The van der Waals surface area contributed by atoms with E-state index < -0.39 is 5.91 Å². The molecular formula is C14H27N3O3S. The molecule has 7 heteroatoms. The van der Waals surface area contributed by atoms with E-state index in [0.29, 0.717) is 13.0 Å². The molecule has 0 spiro atoms. The standard InChI is InChI=1S/C14H27N3O3S/c1-14(2,3)17-12(19)7-5-4-6-8-16-13(20)10-21-9-11(15)18/h4-10H2,1-3H3,(H2,15,18)(H,16,20)(H,17,19). The first-order chi connectivity index (χ1) is 9.70. The van der Waals surface area contributed by atoms with Crippen LogP contribution in [-0.4, -0.2) is 41.3 Å². The summed E-state index contributed by atoms with van der Waals surface area (Å²) in [7, 11) is 0. The Bertz CT molecular complexity index is 354. The Hall–Kier alpha value is -1.24. The van der Waals surface area contributed by atoms with Gasteiger partial charge in [0, 0.05) is 18.5 Å². The molecule has 21 heavy (non-hydrogen) atoms. The molecule has 0 saturated heterocycles. The number of amides is 3. The highest BCUT2D eigenvalue weighted by atomic mass is 32.2. The third-order valence-corrected chi connectivity index (χ3v) is 3.35. The van der Waals surface area contributed by atoms with Gasteiger partial charge in [-0.2, -0.15) is 0 Å². The molecule has 0 radical (unpaired) electrons. The SMILES string of the molecule is CC(C)(C)NC(=O)CCCCCNC(=O)CSCC(N)=O. The van der Waals surface area contributed by atoms with Gasteiger partial charge in [0.25, 0.3) is 0 Å². The number of primary amides is 1. The van der Waals surface area contributed by atoms with Gasteiger partial charge in [-0.3, -0.25) is 14.4 Å². The molecule has 0 aliphatic rings. The maximum Gasteiger partial charge on any atom is 0.230 e. The van der Waals surface area contributed by atoms with E-state index in [2.05, 4.69) is 10.6 Å². The van der Waals surface area contributed by atoms with Crippen LogP contribution in [-0.2, 0) is 14.4 Å². The molecule has 0 fully saturated rings. The van der Waals surface area contributed by atoms with E-state index in [0.717, 1.165) is 19.3 Å². The maximum atomic E-state index is 11.6. The normalized spacial score (nSPS) is 11.0. The fourth-order valence-electron chi connectivity index (χ4n) is 1.59. The van der Waals surface area contributed by atoms with Gasteiger partial charge in [-0.15, -0.1) is 11.8 Å². The van der Waals surface area contributed by atoms with Crippen molar-refractivity contribution in [3.63, 3.8) is 0 Å². The first-order valence-corrected chi connectivity index (χ1v) is 8.30. The molecule has 0 saturated carbocycles. The Morgan fingerprint density at radius 1 is 1.00 bits per heavy atom. The smallest absolute Gasteiger partial charge is 0.230 e. The van der Waals surface area contributed by atoms with Crippen LogP contribution in [0.4, 0.5) is 0 Å². The lowest BCUT2D eigenvalue weighted by molar-refractivity contribution is -0.122. The van der Waals surface area contributed by atoms with Crippen molar-refractivity contribution < 1.29 is 14.4 Å². The van der Waals surface area contributed by atoms with Crippen LogP contribution in [0, 0.1) is 0 Å². The van der Waals surface area contributed by atoms with Crippen molar-refractivity contribution in [3.05, 3.63) is 0 Å². The largest absolute Gasteiger partial charge is 0.369 e. The second-order valence-corrected chi connectivity index (χ2v) is 6.90. The quantitative estimate of drug-likeness (QED) is 0.519. The van der Waals surface area contributed by atoms with Gasteiger partial charge in [-0.1, -0.05) is 6.42 Å². The fourth-order valence-corrected chi connectivity index (χ4v) is 2.18. The summed E-state index contributed by atoms with van der Waals surface area (Å²) in [5, 5.41) is 5.68. The van der Waals surface area contributed by atoms with Crippen LogP contribution >= 0.6 is 11.8 Å². The molecule has 122 valence electrons. The van der Waals surface area contributed by atoms with Crippen LogP contribution < -0.4 is 16.4 Å². The summed E-state index contributed by atoms with van der Waals surface area (Å²) < 4.78 is 0. The summed E-state index contributed by atoms with van der Waals surface area (Å²) in [5.74, 6) is -0.0322. The predicted molar refractivity (Wildman–Crippen MR) is 85.9 cm³/mol. The van der Waals surface area contributed by atoms with E-state index in [9.17, 15) is 14.4 Å². The van der Waals surface area contributed by atoms with Gasteiger partial charge < -0.3 is 16.4 Å². The Labute approximate surface area is 131 Å². The van der Waals surface area contributed by atoms with Crippen LogP contribution in [0.5, 0.6) is 0 Å². The molecule has 6 nitrogen and oxygen atoms in total. The lowest BCUT2D eigenvalue weighted by Crippen LogP contribution is -2.40.